The van der Waals surface area contributed by atoms with E-state index in [1.165, 1.54) is 28.7 Å². The zero-order chi connectivity index (χ0) is 19.3. The minimum atomic E-state index is -3.64. The molecule has 0 fully saturated rings. The first kappa shape index (κ1) is 19.6. The average Bonchev–Trinajstić information content (AvgIpc) is 2.58. The van der Waals surface area contributed by atoms with Crippen molar-refractivity contribution in [3.05, 3.63) is 57.4 Å². The van der Waals surface area contributed by atoms with Crippen LogP contribution in [0.1, 0.15) is 13.8 Å². The number of aromatic nitrogens is 2. The average molecular weight is 380 g/mol. The third-order valence-electron chi connectivity index (χ3n) is 3.67. The van der Waals surface area contributed by atoms with Crippen LogP contribution >= 0.6 is 0 Å². The van der Waals surface area contributed by atoms with Gasteiger partial charge in [-0.25, -0.2) is 13.2 Å². The number of hydrogen-bond donors (Lipinski definition) is 2. The largest absolute Gasteiger partial charge is 0.328 e. The second-order valence-corrected chi connectivity index (χ2v) is 7.34. The van der Waals surface area contributed by atoms with E-state index in [0.29, 0.717) is 18.8 Å². The third kappa shape index (κ3) is 4.46. The molecule has 1 amide bonds. The lowest BCUT2D eigenvalue weighted by Crippen LogP contribution is -2.32. The minimum absolute atomic E-state index is 0.0696. The number of rotatable bonds is 7. The maximum atomic E-state index is 12.5. The Labute approximate surface area is 150 Å². The van der Waals surface area contributed by atoms with Crippen molar-refractivity contribution in [3.8, 4) is 0 Å². The Morgan fingerprint density at radius 2 is 1.88 bits per heavy atom. The minimum Gasteiger partial charge on any atom is -0.324 e. The number of carbonyl (C=O) groups excluding carboxylic acids is 1. The van der Waals surface area contributed by atoms with Crippen LogP contribution in [0.2, 0.25) is 0 Å². The summed E-state index contributed by atoms with van der Waals surface area (Å²) in [7, 11) is -3.64. The highest BCUT2D eigenvalue weighted by molar-refractivity contribution is 7.89. The van der Waals surface area contributed by atoms with Crippen LogP contribution < -0.4 is 16.6 Å². The van der Waals surface area contributed by atoms with Crippen molar-refractivity contribution in [3.63, 3.8) is 0 Å². The quantitative estimate of drug-likeness (QED) is 0.711. The summed E-state index contributed by atoms with van der Waals surface area (Å²) in [4.78, 5) is 36.8. The molecule has 0 atom stereocenters. The van der Waals surface area contributed by atoms with E-state index in [9.17, 15) is 22.8 Å². The summed E-state index contributed by atoms with van der Waals surface area (Å²) in [6.07, 6.45) is 1.21. The summed E-state index contributed by atoms with van der Waals surface area (Å²) >= 11 is 0. The molecule has 2 aromatic rings. The molecule has 0 saturated heterocycles. The van der Waals surface area contributed by atoms with Crippen molar-refractivity contribution in [2.75, 3.05) is 18.4 Å². The van der Waals surface area contributed by atoms with E-state index in [1.54, 1.807) is 19.9 Å². The van der Waals surface area contributed by atoms with E-state index < -0.39 is 27.2 Å². The lowest BCUT2D eigenvalue weighted by molar-refractivity contribution is -0.116. The SMILES string of the molecule is CCN(CC)S(=O)(=O)c1cccc(NC(=O)Cn2ccc(=O)[nH]c2=O)c1. The van der Waals surface area contributed by atoms with Crippen molar-refractivity contribution in [1.29, 1.82) is 0 Å². The third-order valence-corrected chi connectivity index (χ3v) is 5.72. The summed E-state index contributed by atoms with van der Waals surface area (Å²) in [6.45, 7) is 3.85. The molecule has 140 valence electrons. The van der Waals surface area contributed by atoms with Gasteiger partial charge in [0.15, 0.2) is 0 Å². The molecular weight excluding hydrogens is 360 g/mol. The van der Waals surface area contributed by atoms with Crippen LogP contribution in [0, 0.1) is 0 Å². The Kier molecular flexibility index (Phi) is 6.11. The molecule has 10 heteroatoms. The summed E-state index contributed by atoms with van der Waals surface area (Å²) in [6, 6.07) is 7.02. The maximum absolute atomic E-state index is 12.5. The fourth-order valence-electron chi connectivity index (χ4n) is 2.37. The highest BCUT2D eigenvalue weighted by Crippen LogP contribution is 2.19. The number of benzene rings is 1. The number of anilines is 1. The van der Waals surface area contributed by atoms with Crippen molar-refractivity contribution in [2.24, 2.45) is 0 Å². The number of amides is 1. The van der Waals surface area contributed by atoms with E-state index in [0.717, 1.165) is 10.6 Å². The van der Waals surface area contributed by atoms with Gasteiger partial charge in [-0.1, -0.05) is 19.9 Å². The van der Waals surface area contributed by atoms with Gasteiger partial charge in [-0.3, -0.25) is 19.1 Å². The predicted molar refractivity (Wildman–Crippen MR) is 96.5 cm³/mol. The van der Waals surface area contributed by atoms with Gasteiger partial charge < -0.3 is 5.32 Å². The number of sulfonamides is 1. The highest BCUT2D eigenvalue weighted by Gasteiger charge is 2.21. The van der Waals surface area contributed by atoms with Gasteiger partial charge in [-0.05, 0) is 18.2 Å². The summed E-state index contributed by atoms with van der Waals surface area (Å²) in [5, 5.41) is 2.55. The molecule has 2 N–H and O–H groups in total. The van der Waals surface area contributed by atoms with Crippen molar-refractivity contribution in [2.45, 2.75) is 25.3 Å². The number of aromatic amines is 1. The summed E-state index contributed by atoms with van der Waals surface area (Å²) in [5.41, 5.74) is -0.966. The molecule has 9 nitrogen and oxygen atoms in total. The van der Waals surface area contributed by atoms with E-state index in [4.69, 9.17) is 0 Å². The van der Waals surface area contributed by atoms with Crippen molar-refractivity contribution in [1.82, 2.24) is 13.9 Å². The smallest absolute Gasteiger partial charge is 0.324 e. The number of carbonyl (C=O) groups is 1. The molecule has 0 aliphatic rings. The number of nitrogens with zero attached hydrogens (tertiary/aromatic N) is 2. The first-order valence-electron chi connectivity index (χ1n) is 7.97. The molecule has 2 rings (SSSR count). The molecule has 0 radical (unpaired) electrons. The van der Waals surface area contributed by atoms with E-state index in [-0.39, 0.29) is 11.4 Å². The van der Waals surface area contributed by atoms with Gasteiger partial charge in [0.05, 0.1) is 4.90 Å². The van der Waals surface area contributed by atoms with E-state index in [2.05, 4.69) is 5.32 Å². The maximum Gasteiger partial charge on any atom is 0.328 e. The van der Waals surface area contributed by atoms with Crippen LogP contribution in [0.25, 0.3) is 0 Å². The Balaban J connectivity index is 2.19. The molecule has 0 saturated carbocycles. The van der Waals surface area contributed by atoms with Gasteiger partial charge >= 0.3 is 5.69 Å². The molecule has 0 spiro atoms. The Bertz CT molecular complexity index is 1010. The number of hydrogen-bond acceptors (Lipinski definition) is 5. The van der Waals surface area contributed by atoms with Gasteiger partial charge in [0.2, 0.25) is 15.9 Å². The molecular formula is C16H20N4O5S. The fourth-order valence-corrected chi connectivity index (χ4v) is 3.88. The van der Waals surface area contributed by atoms with E-state index >= 15 is 0 Å². The van der Waals surface area contributed by atoms with Gasteiger partial charge in [0.1, 0.15) is 6.54 Å². The van der Waals surface area contributed by atoms with Crippen LogP contribution in [-0.2, 0) is 21.4 Å². The molecule has 1 heterocycles. The number of H-pyrrole nitrogens is 1. The van der Waals surface area contributed by atoms with E-state index in [1.807, 2.05) is 4.98 Å². The normalized spacial score (nSPS) is 11.5. The van der Waals surface area contributed by atoms with Crippen LogP contribution in [0.5, 0.6) is 0 Å². The standard InChI is InChI=1S/C16H20N4O5S/c1-3-20(4-2)26(24,25)13-7-5-6-12(10-13)17-15(22)11-19-9-8-14(21)18-16(19)23/h5-10H,3-4,11H2,1-2H3,(H,17,22)(H,18,21,23). The van der Waals surface area contributed by atoms with Gasteiger partial charge in [0, 0.05) is 31.0 Å². The predicted octanol–water partition coefficient (Wildman–Crippen LogP) is 0.206. The molecule has 26 heavy (non-hydrogen) atoms. The lowest BCUT2D eigenvalue weighted by atomic mass is 10.3. The summed E-state index contributed by atoms with van der Waals surface area (Å²) < 4.78 is 27.4. The zero-order valence-electron chi connectivity index (χ0n) is 14.4. The van der Waals surface area contributed by atoms with Crippen LogP contribution in [0.4, 0.5) is 5.69 Å². The Hall–Kier alpha value is -2.72. The van der Waals surface area contributed by atoms with Crippen molar-refractivity contribution < 1.29 is 13.2 Å². The Morgan fingerprint density at radius 3 is 2.50 bits per heavy atom. The second-order valence-electron chi connectivity index (χ2n) is 5.40. The molecule has 0 aliphatic carbocycles. The highest BCUT2D eigenvalue weighted by atomic mass is 32.2. The number of nitrogens with one attached hydrogen (secondary N) is 2. The van der Waals surface area contributed by atoms with Gasteiger partial charge in [-0.2, -0.15) is 4.31 Å². The van der Waals surface area contributed by atoms with Gasteiger partial charge in [-0.15, -0.1) is 0 Å². The monoisotopic (exact) mass is 380 g/mol. The lowest BCUT2D eigenvalue weighted by Gasteiger charge is -2.18. The first-order chi connectivity index (χ1) is 12.3. The molecule has 0 bridgehead atoms. The zero-order valence-corrected chi connectivity index (χ0v) is 15.2. The topological polar surface area (TPSA) is 121 Å². The molecule has 0 unspecified atom stereocenters. The first-order valence-corrected chi connectivity index (χ1v) is 9.41. The molecule has 1 aromatic heterocycles. The van der Waals surface area contributed by atoms with Crippen LogP contribution in [0.15, 0.2) is 51.0 Å². The van der Waals surface area contributed by atoms with Crippen LogP contribution in [-0.4, -0.2) is 41.3 Å². The Morgan fingerprint density at radius 1 is 1.19 bits per heavy atom. The second kappa shape index (κ2) is 8.11. The molecule has 1 aromatic carbocycles. The van der Waals surface area contributed by atoms with Crippen molar-refractivity contribution >= 4 is 21.6 Å². The molecule has 0 aliphatic heterocycles. The van der Waals surface area contributed by atoms with Crippen LogP contribution in [0.3, 0.4) is 0 Å². The summed E-state index contributed by atoms with van der Waals surface area (Å²) in [5.74, 6) is -0.531. The fraction of sp³-hybridized carbons (Fsp3) is 0.312. The van der Waals surface area contributed by atoms with Gasteiger partial charge in [0.25, 0.3) is 5.56 Å².